The van der Waals surface area contributed by atoms with Crippen LogP contribution >= 0.6 is 15.9 Å². The van der Waals surface area contributed by atoms with Gasteiger partial charge in [-0.15, -0.1) is 0 Å². The van der Waals surface area contributed by atoms with Gasteiger partial charge in [0.1, 0.15) is 11.6 Å². The van der Waals surface area contributed by atoms with Crippen molar-refractivity contribution < 1.29 is 13.6 Å². The molecule has 0 unspecified atom stereocenters. The van der Waals surface area contributed by atoms with Gasteiger partial charge in [-0.2, -0.15) is 0 Å². The smallest absolute Gasteiger partial charge is 0.251 e. The van der Waals surface area contributed by atoms with Crippen LogP contribution in [0.3, 0.4) is 0 Å². The molecule has 3 aromatic carbocycles. The van der Waals surface area contributed by atoms with Crippen molar-refractivity contribution in [2.45, 2.75) is 19.5 Å². The minimum absolute atomic E-state index is 0.152. The SMILES string of the molecule is C[C@H](NC(=O)c1ccc2c(c1)ncn2Cc1ccc(F)cc1F)c1ccc(Br)cc1. The lowest BCUT2D eigenvalue weighted by Gasteiger charge is -2.14. The first kappa shape index (κ1) is 20.2. The third-order valence-electron chi connectivity index (χ3n) is 4.96. The van der Waals surface area contributed by atoms with Crippen molar-refractivity contribution in [2.24, 2.45) is 0 Å². The quantitative estimate of drug-likeness (QED) is 0.412. The number of aromatic nitrogens is 2. The van der Waals surface area contributed by atoms with E-state index in [1.165, 1.54) is 12.1 Å². The van der Waals surface area contributed by atoms with Crippen LogP contribution in [0.2, 0.25) is 0 Å². The summed E-state index contributed by atoms with van der Waals surface area (Å²) in [6.07, 6.45) is 1.58. The van der Waals surface area contributed by atoms with E-state index >= 15 is 0 Å². The van der Waals surface area contributed by atoms with Crippen LogP contribution in [-0.4, -0.2) is 15.5 Å². The molecule has 0 spiro atoms. The molecule has 1 amide bonds. The number of nitrogens with zero attached hydrogens (tertiary/aromatic N) is 2. The maximum atomic E-state index is 14.0. The van der Waals surface area contributed by atoms with E-state index in [1.807, 2.05) is 31.2 Å². The number of hydrogen-bond donors (Lipinski definition) is 1. The van der Waals surface area contributed by atoms with Gasteiger partial charge in [-0.3, -0.25) is 4.79 Å². The van der Waals surface area contributed by atoms with E-state index in [9.17, 15) is 13.6 Å². The van der Waals surface area contributed by atoms with Gasteiger partial charge >= 0.3 is 0 Å². The number of rotatable bonds is 5. The molecule has 0 aliphatic heterocycles. The summed E-state index contributed by atoms with van der Waals surface area (Å²) in [6, 6.07) is 16.3. The number of nitrogens with one attached hydrogen (secondary N) is 1. The fraction of sp³-hybridized carbons (Fsp3) is 0.130. The summed E-state index contributed by atoms with van der Waals surface area (Å²) >= 11 is 3.40. The number of carbonyl (C=O) groups excluding carboxylic acids is 1. The van der Waals surface area contributed by atoms with E-state index in [0.29, 0.717) is 16.6 Å². The molecule has 0 radical (unpaired) electrons. The lowest BCUT2D eigenvalue weighted by Crippen LogP contribution is -2.26. The molecule has 4 aromatic rings. The van der Waals surface area contributed by atoms with Gasteiger partial charge in [0.05, 0.1) is 29.9 Å². The monoisotopic (exact) mass is 469 g/mol. The number of benzene rings is 3. The first-order chi connectivity index (χ1) is 14.4. The molecule has 1 atom stereocenters. The molecule has 0 saturated carbocycles. The second kappa shape index (κ2) is 8.36. The fourth-order valence-corrected chi connectivity index (χ4v) is 3.54. The number of halogens is 3. The second-order valence-corrected chi connectivity index (χ2v) is 7.97. The highest BCUT2D eigenvalue weighted by atomic mass is 79.9. The van der Waals surface area contributed by atoms with Crippen molar-refractivity contribution in [2.75, 3.05) is 0 Å². The molecule has 1 aromatic heterocycles. The molecule has 30 heavy (non-hydrogen) atoms. The Morgan fingerprint density at radius 3 is 2.60 bits per heavy atom. The van der Waals surface area contributed by atoms with E-state index in [4.69, 9.17) is 0 Å². The first-order valence-corrected chi connectivity index (χ1v) is 10.1. The van der Waals surface area contributed by atoms with Crippen LogP contribution < -0.4 is 5.32 Å². The molecule has 1 N–H and O–H groups in total. The summed E-state index contributed by atoms with van der Waals surface area (Å²) < 4.78 is 29.8. The van der Waals surface area contributed by atoms with Crippen molar-refractivity contribution >= 4 is 32.9 Å². The van der Waals surface area contributed by atoms with Crippen LogP contribution in [-0.2, 0) is 6.54 Å². The van der Waals surface area contributed by atoms with Crippen LogP contribution in [0.25, 0.3) is 11.0 Å². The molecule has 4 nitrogen and oxygen atoms in total. The van der Waals surface area contributed by atoms with Crippen LogP contribution in [0.1, 0.15) is 34.5 Å². The molecule has 0 aliphatic rings. The summed E-state index contributed by atoms with van der Waals surface area (Å²) in [6.45, 7) is 2.14. The number of carbonyl (C=O) groups is 1. The largest absolute Gasteiger partial charge is 0.346 e. The Morgan fingerprint density at radius 1 is 1.10 bits per heavy atom. The topological polar surface area (TPSA) is 46.9 Å². The van der Waals surface area contributed by atoms with Gasteiger partial charge in [-0.05, 0) is 48.9 Å². The predicted molar refractivity (Wildman–Crippen MR) is 115 cm³/mol. The minimum atomic E-state index is -0.611. The average molecular weight is 470 g/mol. The maximum Gasteiger partial charge on any atom is 0.251 e. The lowest BCUT2D eigenvalue weighted by atomic mass is 10.1. The summed E-state index contributed by atoms with van der Waals surface area (Å²) in [5.74, 6) is -1.42. The lowest BCUT2D eigenvalue weighted by molar-refractivity contribution is 0.0940. The highest BCUT2D eigenvalue weighted by Crippen LogP contribution is 2.20. The van der Waals surface area contributed by atoms with Crippen LogP contribution in [0.15, 0.2) is 71.5 Å². The zero-order valence-corrected chi connectivity index (χ0v) is 17.7. The van der Waals surface area contributed by atoms with E-state index in [0.717, 1.165) is 21.6 Å². The Bertz CT molecular complexity index is 1220. The van der Waals surface area contributed by atoms with E-state index < -0.39 is 11.6 Å². The number of fused-ring (bicyclic) bond motifs is 1. The number of imidazole rings is 1. The Kier molecular flexibility index (Phi) is 5.63. The molecule has 152 valence electrons. The van der Waals surface area contributed by atoms with E-state index in [-0.39, 0.29) is 18.5 Å². The van der Waals surface area contributed by atoms with Crippen molar-refractivity contribution in [1.29, 1.82) is 0 Å². The Labute approximate surface area is 180 Å². The van der Waals surface area contributed by atoms with Crippen LogP contribution in [0.4, 0.5) is 8.78 Å². The van der Waals surface area contributed by atoms with Crippen molar-refractivity contribution in [3.63, 3.8) is 0 Å². The Hall–Kier alpha value is -3.06. The summed E-state index contributed by atoms with van der Waals surface area (Å²) in [5, 5.41) is 2.98. The standard InChI is InChI=1S/C23H18BrF2N3O/c1-14(15-2-6-18(24)7-3-15)28-23(30)16-5-9-22-21(10-16)27-13-29(22)12-17-4-8-19(25)11-20(17)26/h2-11,13-14H,12H2,1H3,(H,28,30)/t14-/m0/s1. The van der Waals surface area contributed by atoms with Gasteiger partial charge in [-0.25, -0.2) is 13.8 Å². The Morgan fingerprint density at radius 2 is 1.87 bits per heavy atom. The molecule has 0 bridgehead atoms. The van der Waals surface area contributed by atoms with Crippen molar-refractivity contribution in [3.8, 4) is 0 Å². The molecular weight excluding hydrogens is 452 g/mol. The second-order valence-electron chi connectivity index (χ2n) is 7.06. The molecule has 1 heterocycles. The minimum Gasteiger partial charge on any atom is -0.346 e. The van der Waals surface area contributed by atoms with Gasteiger partial charge in [-0.1, -0.05) is 34.1 Å². The zero-order valence-electron chi connectivity index (χ0n) is 16.1. The third kappa shape index (κ3) is 4.26. The highest BCUT2D eigenvalue weighted by Gasteiger charge is 2.14. The molecule has 7 heteroatoms. The third-order valence-corrected chi connectivity index (χ3v) is 5.49. The highest BCUT2D eigenvalue weighted by molar-refractivity contribution is 9.10. The van der Waals surface area contributed by atoms with Gasteiger partial charge in [0.2, 0.25) is 0 Å². The average Bonchev–Trinajstić information content (AvgIpc) is 3.12. The molecule has 4 rings (SSSR count). The van der Waals surface area contributed by atoms with Gasteiger partial charge in [0.15, 0.2) is 0 Å². The number of hydrogen-bond acceptors (Lipinski definition) is 2. The Balaban J connectivity index is 1.52. The van der Waals surface area contributed by atoms with Gasteiger partial charge in [0, 0.05) is 21.7 Å². The van der Waals surface area contributed by atoms with Crippen LogP contribution in [0, 0.1) is 11.6 Å². The maximum absolute atomic E-state index is 14.0. The van der Waals surface area contributed by atoms with Gasteiger partial charge < -0.3 is 9.88 Å². The predicted octanol–water partition coefficient (Wildman–Crippen LogP) is 5.62. The summed E-state index contributed by atoms with van der Waals surface area (Å²) in [5.41, 5.74) is 3.24. The normalized spacial score (nSPS) is 12.1. The van der Waals surface area contributed by atoms with Gasteiger partial charge in [0.25, 0.3) is 5.91 Å². The van der Waals surface area contributed by atoms with E-state index in [1.54, 1.807) is 29.1 Å². The van der Waals surface area contributed by atoms with Crippen molar-refractivity contribution in [3.05, 3.63) is 99.8 Å². The number of amides is 1. The summed E-state index contributed by atoms with van der Waals surface area (Å²) in [4.78, 5) is 17.0. The summed E-state index contributed by atoms with van der Waals surface area (Å²) in [7, 11) is 0. The van der Waals surface area contributed by atoms with E-state index in [2.05, 4.69) is 26.2 Å². The first-order valence-electron chi connectivity index (χ1n) is 9.36. The molecule has 0 fully saturated rings. The fourth-order valence-electron chi connectivity index (χ4n) is 3.28. The zero-order chi connectivity index (χ0) is 21.3. The molecule has 0 aliphatic carbocycles. The van der Waals surface area contributed by atoms with Crippen LogP contribution in [0.5, 0.6) is 0 Å². The molecule has 0 saturated heterocycles. The van der Waals surface area contributed by atoms with Crippen molar-refractivity contribution in [1.82, 2.24) is 14.9 Å². The molecular formula is C23H18BrF2N3O.